The molecule has 0 saturated carbocycles. The highest BCUT2D eigenvalue weighted by Crippen LogP contribution is 2.37. The zero-order chi connectivity index (χ0) is 35.2. The first-order chi connectivity index (χ1) is 22.6. The average Bonchev–Trinajstić information content (AvgIpc) is 3.34. The highest BCUT2D eigenvalue weighted by atomic mass is 19.3. The summed E-state index contributed by atoms with van der Waals surface area (Å²) >= 11 is 0. The third-order valence-corrected chi connectivity index (χ3v) is 8.15. The number of nitrogens with zero attached hydrogens (tertiary/aromatic N) is 5. The third-order valence-electron chi connectivity index (χ3n) is 8.15. The van der Waals surface area contributed by atoms with E-state index in [2.05, 4.69) is 30.4 Å². The molecule has 1 saturated heterocycles. The fourth-order valence-corrected chi connectivity index (χ4v) is 5.66. The van der Waals surface area contributed by atoms with Crippen LogP contribution in [0.25, 0.3) is 15.7 Å². The number of hydrogen-bond acceptors (Lipinski definition) is 9. The van der Waals surface area contributed by atoms with Crippen LogP contribution in [-0.4, -0.2) is 87.6 Å². The van der Waals surface area contributed by atoms with E-state index in [1.165, 1.54) is 0 Å². The summed E-state index contributed by atoms with van der Waals surface area (Å²) in [5.41, 5.74) is 0.670. The molecule has 48 heavy (non-hydrogen) atoms. The van der Waals surface area contributed by atoms with Gasteiger partial charge in [-0.05, 0) is 37.0 Å². The number of likely N-dealkylation sites (tertiary alicyclic amines) is 1. The zero-order valence-electron chi connectivity index (χ0n) is 27.3. The summed E-state index contributed by atoms with van der Waals surface area (Å²) in [5.74, 6) is -2.29. The van der Waals surface area contributed by atoms with Crippen LogP contribution in [-0.2, 0) is 14.4 Å². The number of aromatic nitrogens is 2. The number of fused-ring (bicyclic) bond motifs is 1. The van der Waals surface area contributed by atoms with Crippen LogP contribution in [0.1, 0.15) is 70.3 Å². The predicted octanol–water partition coefficient (Wildman–Crippen LogP) is 4.00. The first-order valence-electron chi connectivity index (χ1n) is 15.6. The third kappa shape index (κ3) is 8.47. The van der Waals surface area contributed by atoms with Crippen LogP contribution in [0.15, 0.2) is 40.9 Å². The number of halogens is 2. The number of carbonyl (C=O) groups is 4. The number of rotatable bonds is 12. The van der Waals surface area contributed by atoms with Crippen LogP contribution in [0.5, 0.6) is 5.75 Å². The minimum Gasteiger partial charge on any atom is -0.511 e. The van der Waals surface area contributed by atoms with Gasteiger partial charge in [-0.3, -0.25) is 29.0 Å². The smallest absolute Gasteiger partial charge is 0.333 e. The second-order valence-electron chi connectivity index (χ2n) is 12.7. The van der Waals surface area contributed by atoms with Crippen molar-refractivity contribution in [2.75, 3.05) is 26.2 Å². The van der Waals surface area contributed by atoms with E-state index in [1.807, 2.05) is 13.8 Å². The van der Waals surface area contributed by atoms with Gasteiger partial charge in [0.1, 0.15) is 23.5 Å². The largest absolute Gasteiger partial charge is 0.511 e. The molecular formula is C33H39F2N7O6. The van der Waals surface area contributed by atoms with Crippen molar-refractivity contribution in [1.82, 2.24) is 25.5 Å². The Morgan fingerprint density at radius 3 is 2.69 bits per heavy atom. The summed E-state index contributed by atoms with van der Waals surface area (Å²) in [7, 11) is 0. The van der Waals surface area contributed by atoms with Gasteiger partial charge in [0, 0.05) is 36.9 Å². The number of benzene rings is 1. The summed E-state index contributed by atoms with van der Waals surface area (Å²) in [5, 5.41) is 15.8. The molecule has 3 N–H and O–H groups in total. The molecule has 2 aliphatic rings. The Kier molecular flexibility index (Phi) is 11.1. The van der Waals surface area contributed by atoms with Gasteiger partial charge in [-0.15, -0.1) is 0 Å². The first-order valence-corrected chi connectivity index (χ1v) is 15.6. The van der Waals surface area contributed by atoms with Gasteiger partial charge in [0.15, 0.2) is 5.78 Å². The van der Waals surface area contributed by atoms with Crippen LogP contribution in [0.4, 0.5) is 8.78 Å². The lowest BCUT2D eigenvalue weighted by Crippen LogP contribution is -2.48. The number of alkyl halides is 2. The van der Waals surface area contributed by atoms with Gasteiger partial charge in [-0.2, -0.15) is 8.78 Å². The predicted molar refractivity (Wildman–Crippen MR) is 171 cm³/mol. The average molecular weight is 668 g/mol. The number of aliphatic imine (C=N–C) groups is 1. The number of carbonyl (C=O) groups excluding carboxylic acids is 4. The lowest BCUT2D eigenvalue weighted by Gasteiger charge is -2.29. The minimum absolute atomic E-state index is 0.0311. The quantitative estimate of drug-likeness (QED) is 0.132. The summed E-state index contributed by atoms with van der Waals surface area (Å²) in [4.78, 5) is 66.3. The van der Waals surface area contributed by atoms with Crippen molar-refractivity contribution >= 4 is 40.1 Å². The highest BCUT2D eigenvalue weighted by molar-refractivity contribution is 6.22. The number of aliphatic hydroxyl groups is 1. The van der Waals surface area contributed by atoms with Crippen molar-refractivity contribution in [2.45, 2.75) is 72.0 Å². The van der Waals surface area contributed by atoms with Crippen LogP contribution in [0.2, 0.25) is 0 Å². The van der Waals surface area contributed by atoms with Gasteiger partial charge in [0.2, 0.25) is 5.91 Å². The van der Waals surface area contributed by atoms with Crippen molar-refractivity contribution in [3.05, 3.63) is 53.0 Å². The second kappa shape index (κ2) is 14.8. The summed E-state index contributed by atoms with van der Waals surface area (Å²) in [6, 6.07) is 1.34. The molecule has 2 heterocycles. The van der Waals surface area contributed by atoms with Crippen LogP contribution >= 0.6 is 0 Å². The van der Waals surface area contributed by atoms with E-state index in [4.69, 9.17) is 11.3 Å². The van der Waals surface area contributed by atoms with Crippen LogP contribution in [0.3, 0.4) is 0 Å². The lowest BCUT2D eigenvalue weighted by atomic mass is 9.76. The van der Waals surface area contributed by atoms with Crippen molar-refractivity contribution in [3.63, 3.8) is 0 Å². The zero-order valence-corrected chi connectivity index (χ0v) is 27.3. The van der Waals surface area contributed by atoms with Gasteiger partial charge in [-0.25, -0.2) is 21.4 Å². The molecule has 13 nitrogen and oxygen atoms in total. The van der Waals surface area contributed by atoms with Crippen molar-refractivity contribution in [3.8, 4) is 5.75 Å². The molecule has 0 unspecified atom stereocenters. The number of aliphatic hydroxyl groups excluding tert-OH is 1. The van der Waals surface area contributed by atoms with E-state index in [9.17, 15) is 33.1 Å². The number of hydrogen-bond donors (Lipinski definition) is 3. The van der Waals surface area contributed by atoms with Gasteiger partial charge in [0.05, 0.1) is 43.1 Å². The van der Waals surface area contributed by atoms with Crippen molar-refractivity contribution in [2.24, 2.45) is 16.3 Å². The molecule has 1 aromatic heterocycles. The van der Waals surface area contributed by atoms with Gasteiger partial charge >= 0.3 is 12.2 Å². The fraction of sp³-hybridized carbons (Fsp3) is 0.515. The SMILES string of the molecule is [C-]#[N+][C@@H]1CCC(F)(F)N1C(=O)CNC(=O)c1ncnc2ccc(OCCCNC(=O)[C@H](C)CN=C(C)C3=C(O)CC(C)(C)CC3=O)cc12. The summed E-state index contributed by atoms with van der Waals surface area (Å²) < 4.78 is 34.1. The van der Waals surface area contributed by atoms with E-state index >= 15 is 0 Å². The van der Waals surface area contributed by atoms with E-state index < -0.39 is 42.9 Å². The standard InChI is InChI=1S/C33H39F2N7O6/c1-19(16-38-20(2)28-24(43)14-32(3,4)15-25(28)44)30(46)37-11-6-12-48-21-7-8-23-22(13-21)29(41-18-40-23)31(47)39-17-27(45)42-26(36-5)9-10-33(42,34)35/h7-8,13,18-19,26,43H,6,9-12,14-17H2,1-4H3,(H,37,46)(H,39,47)/t19-,26+/m1/s1. The van der Waals surface area contributed by atoms with Crippen molar-refractivity contribution in [1.29, 1.82) is 0 Å². The number of allylic oxidation sites excluding steroid dienone is 2. The Morgan fingerprint density at radius 1 is 1.23 bits per heavy atom. The molecule has 0 spiro atoms. The molecule has 1 aliphatic heterocycles. The second-order valence-corrected chi connectivity index (χ2v) is 12.7. The molecule has 3 amide bonds. The van der Waals surface area contributed by atoms with E-state index in [0.29, 0.717) is 48.2 Å². The molecule has 4 rings (SSSR count). The lowest BCUT2D eigenvalue weighted by molar-refractivity contribution is -0.165. The van der Waals surface area contributed by atoms with Gasteiger partial charge < -0.3 is 20.5 Å². The normalized spacial score (nSPS) is 19.5. The summed E-state index contributed by atoms with van der Waals surface area (Å²) in [6.07, 6.45) is 0.276. The number of ketones is 1. The van der Waals surface area contributed by atoms with Gasteiger partial charge in [0.25, 0.3) is 11.8 Å². The molecule has 1 aromatic carbocycles. The molecule has 256 valence electrons. The number of ether oxygens (including phenoxy) is 1. The highest BCUT2D eigenvalue weighted by Gasteiger charge is 2.53. The Hall–Kier alpha value is -5.00. The maximum atomic E-state index is 14.1. The maximum Gasteiger partial charge on any atom is 0.333 e. The first kappa shape index (κ1) is 35.8. The van der Waals surface area contributed by atoms with E-state index in [-0.39, 0.29) is 58.6 Å². The van der Waals surface area contributed by atoms with Gasteiger partial charge in [-0.1, -0.05) is 20.8 Å². The van der Waals surface area contributed by atoms with Crippen LogP contribution < -0.4 is 15.4 Å². The number of nitrogens with one attached hydrogen (secondary N) is 2. The monoisotopic (exact) mass is 667 g/mol. The minimum atomic E-state index is -3.46. The molecule has 1 aliphatic carbocycles. The maximum absolute atomic E-state index is 14.1. The molecular weight excluding hydrogens is 628 g/mol. The van der Waals surface area contributed by atoms with E-state index in [1.54, 1.807) is 32.0 Å². The summed E-state index contributed by atoms with van der Waals surface area (Å²) in [6.45, 7) is 14.3. The van der Waals surface area contributed by atoms with E-state index in [0.717, 1.165) is 6.33 Å². The fourth-order valence-electron chi connectivity index (χ4n) is 5.66. The number of Topliss-reactive ketones (excluding diaryl/α,β-unsaturated/α-hetero) is 1. The molecule has 2 atom stereocenters. The number of amides is 3. The molecule has 0 radical (unpaired) electrons. The molecule has 2 aromatic rings. The topological polar surface area (TPSA) is 168 Å². The molecule has 0 bridgehead atoms. The Morgan fingerprint density at radius 2 is 1.98 bits per heavy atom. The Bertz CT molecular complexity index is 1700. The van der Waals surface area contributed by atoms with Crippen LogP contribution in [0, 0.1) is 17.9 Å². The Labute approximate surface area is 276 Å². The van der Waals surface area contributed by atoms with Crippen molar-refractivity contribution < 1.29 is 37.8 Å². The molecule has 1 fully saturated rings. The Balaban J connectivity index is 1.26. The molecule has 15 heteroatoms.